The van der Waals surface area contributed by atoms with E-state index in [4.69, 9.17) is 25.7 Å². The molecule has 7 heteroatoms. The van der Waals surface area contributed by atoms with Crippen LogP contribution in [0.2, 0.25) is 0 Å². The smallest absolute Gasteiger partial charge is 0.371 e. The standard InChI is InChI=1S/C10H8O4.C7H8N2O/c1-13-7-4-2-3-6-5-8(10(11)12)14-9(6)7;8-6-4-2-1-3-5(6)7(9)10/h2-5H,1H3,(H,11,12);1-4H,8H2,(H2,9,10). The molecule has 1 amide bonds. The number of anilines is 1. The van der Waals surface area contributed by atoms with Crippen LogP contribution in [-0.4, -0.2) is 24.1 Å². The van der Waals surface area contributed by atoms with Crippen molar-refractivity contribution < 1.29 is 23.8 Å². The predicted molar refractivity (Wildman–Crippen MR) is 89.1 cm³/mol. The van der Waals surface area contributed by atoms with Crippen LogP contribution in [0.3, 0.4) is 0 Å². The number of hydrogen-bond acceptors (Lipinski definition) is 5. The number of fused-ring (bicyclic) bond motifs is 1. The number of methoxy groups -OCH3 is 1. The number of furan rings is 1. The van der Waals surface area contributed by atoms with Crippen molar-refractivity contribution in [1.29, 1.82) is 0 Å². The van der Waals surface area contributed by atoms with Crippen molar-refractivity contribution in [3.05, 3.63) is 59.9 Å². The summed E-state index contributed by atoms with van der Waals surface area (Å²) < 4.78 is 10.2. The van der Waals surface area contributed by atoms with Gasteiger partial charge in [-0.05, 0) is 24.3 Å². The first-order valence-electron chi connectivity index (χ1n) is 6.88. The van der Waals surface area contributed by atoms with Gasteiger partial charge in [-0.25, -0.2) is 4.79 Å². The molecule has 0 unspecified atom stereocenters. The van der Waals surface area contributed by atoms with E-state index in [2.05, 4.69) is 0 Å². The molecule has 0 fully saturated rings. The van der Waals surface area contributed by atoms with E-state index in [0.717, 1.165) is 5.39 Å². The number of primary amides is 1. The van der Waals surface area contributed by atoms with Crippen LogP contribution in [0.25, 0.3) is 11.0 Å². The fraction of sp³-hybridized carbons (Fsp3) is 0.0588. The summed E-state index contributed by atoms with van der Waals surface area (Å²) in [5.74, 6) is -1.11. The summed E-state index contributed by atoms with van der Waals surface area (Å²) >= 11 is 0. The molecular weight excluding hydrogens is 312 g/mol. The Balaban J connectivity index is 0.000000185. The van der Waals surface area contributed by atoms with Crippen LogP contribution in [0.4, 0.5) is 5.69 Å². The fourth-order valence-electron chi connectivity index (χ4n) is 2.02. The lowest BCUT2D eigenvalue weighted by Gasteiger charge is -1.97. The first-order chi connectivity index (χ1) is 11.4. The molecule has 3 rings (SSSR count). The highest BCUT2D eigenvalue weighted by Gasteiger charge is 2.12. The predicted octanol–water partition coefficient (Wildman–Crippen LogP) is 2.51. The summed E-state index contributed by atoms with van der Waals surface area (Å²) in [6, 6.07) is 13.4. The van der Waals surface area contributed by atoms with Crippen LogP contribution in [0, 0.1) is 0 Å². The molecule has 3 aromatic rings. The maximum Gasteiger partial charge on any atom is 0.371 e. The summed E-state index contributed by atoms with van der Waals surface area (Å²) in [7, 11) is 1.51. The van der Waals surface area contributed by atoms with Crippen molar-refractivity contribution in [2.45, 2.75) is 0 Å². The second kappa shape index (κ2) is 7.19. The average molecular weight is 328 g/mol. The number of para-hydroxylation sites is 2. The zero-order valence-electron chi connectivity index (χ0n) is 12.9. The number of carbonyl (C=O) groups is 2. The Morgan fingerprint density at radius 1 is 1.12 bits per heavy atom. The van der Waals surface area contributed by atoms with Gasteiger partial charge in [0.2, 0.25) is 5.76 Å². The summed E-state index contributed by atoms with van der Waals surface area (Å²) in [4.78, 5) is 21.2. The zero-order chi connectivity index (χ0) is 17.7. The van der Waals surface area contributed by atoms with Crippen LogP contribution >= 0.6 is 0 Å². The first-order valence-corrected chi connectivity index (χ1v) is 6.88. The number of amides is 1. The highest BCUT2D eigenvalue weighted by molar-refractivity contribution is 5.97. The van der Waals surface area contributed by atoms with Gasteiger partial charge in [0.05, 0.1) is 12.7 Å². The molecule has 0 aliphatic carbocycles. The molecule has 0 atom stereocenters. The Morgan fingerprint density at radius 3 is 2.38 bits per heavy atom. The summed E-state index contributed by atoms with van der Waals surface area (Å²) in [6.07, 6.45) is 0. The van der Waals surface area contributed by atoms with Crippen LogP contribution in [0.15, 0.2) is 52.9 Å². The molecule has 0 aliphatic heterocycles. The van der Waals surface area contributed by atoms with Crippen molar-refractivity contribution in [2.75, 3.05) is 12.8 Å². The lowest BCUT2D eigenvalue weighted by molar-refractivity contribution is 0.0664. The number of carboxylic acids is 1. The van der Waals surface area contributed by atoms with E-state index >= 15 is 0 Å². The maximum absolute atomic E-state index is 10.6. The van der Waals surface area contributed by atoms with Crippen LogP contribution in [0.5, 0.6) is 5.75 Å². The van der Waals surface area contributed by atoms with Gasteiger partial charge in [0.25, 0.3) is 5.91 Å². The van der Waals surface area contributed by atoms with E-state index in [1.54, 1.807) is 42.5 Å². The number of rotatable bonds is 3. The quantitative estimate of drug-likeness (QED) is 0.634. The van der Waals surface area contributed by atoms with E-state index in [0.29, 0.717) is 22.6 Å². The third-order valence-electron chi connectivity index (χ3n) is 3.16. The Morgan fingerprint density at radius 2 is 1.83 bits per heavy atom. The van der Waals surface area contributed by atoms with E-state index in [-0.39, 0.29) is 5.76 Å². The molecule has 1 heterocycles. The second-order valence-corrected chi connectivity index (χ2v) is 4.75. The van der Waals surface area contributed by atoms with Gasteiger partial charge in [0.1, 0.15) is 0 Å². The monoisotopic (exact) mass is 328 g/mol. The Kier molecular flexibility index (Phi) is 5.06. The highest BCUT2D eigenvalue weighted by atomic mass is 16.5. The summed E-state index contributed by atoms with van der Waals surface area (Å²) in [6.45, 7) is 0. The molecule has 124 valence electrons. The molecule has 0 bridgehead atoms. The van der Waals surface area contributed by atoms with Gasteiger partial charge in [-0.15, -0.1) is 0 Å². The van der Waals surface area contributed by atoms with Crippen molar-refractivity contribution >= 4 is 28.5 Å². The van der Waals surface area contributed by atoms with E-state index in [1.807, 2.05) is 0 Å². The molecule has 5 N–H and O–H groups in total. The molecule has 2 aromatic carbocycles. The van der Waals surface area contributed by atoms with Crippen LogP contribution in [0.1, 0.15) is 20.9 Å². The third-order valence-corrected chi connectivity index (χ3v) is 3.16. The molecule has 0 aliphatic rings. The van der Waals surface area contributed by atoms with Gasteiger partial charge in [-0.2, -0.15) is 0 Å². The molecule has 24 heavy (non-hydrogen) atoms. The number of aromatic carboxylic acids is 1. The van der Waals surface area contributed by atoms with Gasteiger partial charge in [-0.1, -0.05) is 24.3 Å². The Bertz CT molecular complexity index is 886. The molecule has 7 nitrogen and oxygen atoms in total. The van der Waals surface area contributed by atoms with Crippen molar-refractivity contribution in [2.24, 2.45) is 5.73 Å². The number of benzene rings is 2. The minimum absolute atomic E-state index is 0.0792. The maximum atomic E-state index is 10.6. The lowest BCUT2D eigenvalue weighted by atomic mass is 10.2. The Hall–Kier alpha value is -3.48. The zero-order valence-corrected chi connectivity index (χ0v) is 12.9. The first kappa shape index (κ1) is 16.9. The summed E-state index contributed by atoms with van der Waals surface area (Å²) in [5.41, 5.74) is 11.7. The van der Waals surface area contributed by atoms with E-state index in [1.165, 1.54) is 13.2 Å². The normalized spacial score (nSPS) is 9.88. The number of carbonyl (C=O) groups excluding carboxylic acids is 1. The number of hydrogen-bond donors (Lipinski definition) is 3. The molecule has 0 spiro atoms. The van der Waals surface area contributed by atoms with Gasteiger partial charge in [0, 0.05) is 11.1 Å². The third kappa shape index (κ3) is 3.64. The van der Waals surface area contributed by atoms with Gasteiger partial charge >= 0.3 is 5.97 Å². The highest BCUT2D eigenvalue weighted by Crippen LogP contribution is 2.28. The second-order valence-electron chi connectivity index (χ2n) is 4.75. The van der Waals surface area contributed by atoms with Crippen LogP contribution in [-0.2, 0) is 0 Å². The minimum Gasteiger partial charge on any atom is -0.493 e. The number of nitrogen functional groups attached to an aromatic ring is 1. The molecule has 0 radical (unpaired) electrons. The number of nitrogens with two attached hydrogens (primary N) is 2. The average Bonchev–Trinajstić information content (AvgIpc) is 3.00. The van der Waals surface area contributed by atoms with Crippen LogP contribution < -0.4 is 16.2 Å². The molecule has 0 saturated carbocycles. The van der Waals surface area contributed by atoms with Gasteiger partial charge in [-0.3, -0.25) is 4.79 Å². The van der Waals surface area contributed by atoms with E-state index < -0.39 is 11.9 Å². The number of carboxylic acid groups (broad SMARTS) is 1. The minimum atomic E-state index is -1.08. The van der Waals surface area contributed by atoms with Gasteiger partial charge in [0.15, 0.2) is 11.3 Å². The largest absolute Gasteiger partial charge is 0.493 e. The molecular formula is C17H16N2O5. The molecule has 0 saturated heterocycles. The fourth-order valence-corrected chi connectivity index (χ4v) is 2.02. The van der Waals surface area contributed by atoms with Gasteiger partial charge < -0.3 is 25.7 Å². The van der Waals surface area contributed by atoms with Crippen molar-refractivity contribution in [3.8, 4) is 5.75 Å². The molecule has 1 aromatic heterocycles. The van der Waals surface area contributed by atoms with Crippen molar-refractivity contribution in [3.63, 3.8) is 0 Å². The van der Waals surface area contributed by atoms with Crippen molar-refractivity contribution in [1.82, 2.24) is 0 Å². The van der Waals surface area contributed by atoms with E-state index in [9.17, 15) is 9.59 Å². The number of ether oxygens (including phenoxy) is 1. The summed E-state index contributed by atoms with van der Waals surface area (Å²) in [5, 5.41) is 9.44. The Labute approximate surface area is 137 Å². The lowest BCUT2D eigenvalue weighted by Crippen LogP contribution is -2.12. The SMILES string of the molecule is COc1cccc2cc(C(=O)O)oc12.NC(=O)c1ccccc1N. The topological polar surface area (TPSA) is 129 Å².